The molecule has 1 aromatic heterocycles. The van der Waals surface area contributed by atoms with Crippen molar-refractivity contribution in [2.45, 2.75) is 39.2 Å². The number of nitrogens with one attached hydrogen (secondary N) is 2. The summed E-state index contributed by atoms with van der Waals surface area (Å²) in [4.78, 5) is 26.3. The Labute approximate surface area is 106 Å². The van der Waals surface area contributed by atoms with Gasteiger partial charge in [-0.25, -0.2) is 0 Å². The highest BCUT2D eigenvalue weighted by molar-refractivity contribution is 5.94. The highest BCUT2D eigenvalue weighted by atomic mass is 16.3. The van der Waals surface area contributed by atoms with Crippen LogP contribution in [-0.4, -0.2) is 28.1 Å². The highest BCUT2D eigenvalue weighted by Gasteiger charge is 2.28. The van der Waals surface area contributed by atoms with Crippen LogP contribution in [0.5, 0.6) is 0 Å². The van der Waals surface area contributed by atoms with E-state index in [1.54, 1.807) is 13.0 Å². The number of hydrogen-bond donors (Lipinski definition) is 3. The van der Waals surface area contributed by atoms with E-state index in [-0.39, 0.29) is 12.2 Å². The molecule has 0 bridgehead atoms. The summed E-state index contributed by atoms with van der Waals surface area (Å²) in [5, 5.41) is 12.1. The minimum atomic E-state index is -0.658. The molecule has 0 aliphatic heterocycles. The first-order chi connectivity index (χ1) is 8.48. The lowest BCUT2D eigenvalue weighted by Crippen LogP contribution is -2.51. The molecule has 100 valence electrons. The van der Waals surface area contributed by atoms with E-state index in [1.807, 2.05) is 13.8 Å². The van der Waals surface area contributed by atoms with Crippen LogP contribution in [-0.2, 0) is 0 Å². The first kappa shape index (κ1) is 14.4. The van der Waals surface area contributed by atoms with E-state index >= 15 is 0 Å². The molecule has 0 saturated heterocycles. The number of H-pyrrole nitrogens is 1. The Morgan fingerprint density at radius 3 is 2.44 bits per heavy atom. The van der Waals surface area contributed by atoms with Crippen molar-refractivity contribution in [1.82, 2.24) is 10.3 Å². The van der Waals surface area contributed by atoms with Gasteiger partial charge in [0.05, 0.1) is 12.1 Å². The van der Waals surface area contributed by atoms with Crippen molar-refractivity contribution in [2.24, 2.45) is 0 Å². The predicted molar refractivity (Wildman–Crippen MR) is 69.7 cm³/mol. The van der Waals surface area contributed by atoms with Crippen LogP contribution in [0.25, 0.3) is 0 Å². The van der Waals surface area contributed by atoms with Crippen LogP contribution in [0, 0.1) is 6.92 Å². The summed E-state index contributed by atoms with van der Waals surface area (Å²) in [5.41, 5.74) is -0.295. The first-order valence-electron chi connectivity index (χ1n) is 6.11. The number of aromatic nitrogens is 1. The van der Waals surface area contributed by atoms with E-state index in [0.29, 0.717) is 18.5 Å². The third-order valence-electron chi connectivity index (χ3n) is 3.33. The van der Waals surface area contributed by atoms with Crippen LogP contribution in [0.3, 0.4) is 0 Å². The second-order valence-corrected chi connectivity index (χ2v) is 4.48. The van der Waals surface area contributed by atoms with Gasteiger partial charge in [-0.05, 0) is 31.9 Å². The molecule has 0 aliphatic rings. The molecule has 5 heteroatoms. The van der Waals surface area contributed by atoms with E-state index in [9.17, 15) is 14.7 Å². The molecule has 0 unspecified atom stereocenters. The molecule has 3 N–H and O–H groups in total. The SMILES string of the molecule is CCC(CC)(CO)NC(=O)c1ccc(C)[nH]c1=O. The summed E-state index contributed by atoms with van der Waals surface area (Å²) in [6, 6.07) is 3.17. The lowest BCUT2D eigenvalue weighted by atomic mass is 9.93. The maximum Gasteiger partial charge on any atom is 0.260 e. The number of hydrogen-bond acceptors (Lipinski definition) is 3. The topological polar surface area (TPSA) is 82.2 Å². The molecule has 1 amide bonds. The molecule has 0 saturated carbocycles. The van der Waals surface area contributed by atoms with Crippen LogP contribution < -0.4 is 10.9 Å². The Kier molecular flexibility index (Phi) is 4.67. The van der Waals surface area contributed by atoms with Crippen molar-refractivity contribution in [3.63, 3.8) is 0 Å². The zero-order valence-corrected chi connectivity index (χ0v) is 11.0. The molecule has 1 aromatic rings. The third kappa shape index (κ3) is 2.98. The van der Waals surface area contributed by atoms with Crippen molar-refractivity contribution >= 4 is 5.91 Å². The Bertz CT molecular complexity index is 467. The van der Waals surface area contributed by atoms with Crippen molar-refractivity contribution in [3.05, 3.63) is 33.7 Å². The fraction of sp³-hybridized carbons (Fsp3) is 0.538. The molecule has 18 heavy (non-hydrogen) atoms. The molecule has 1 heterocycles. The molecule has 0 radical (unpaired) electrons. The van der Waals surface area contributed by atoms with Crippen molar-refractivity contribution in [2.75, 3.05) is 6.61 Å². The van der Waals surface area contributed by atoms with Crippen LogP contribution in [0.15, 0.2) is 16.9 Å². The lowest BCUT2D eigenvalue weighted by Gasteiger charge is -2.30. The summed E-state index contributed by atoms with van der Waals surface area (Å²) in [7, 11) is 0. The van der Waals surface area contributed by atoms with Crippen LogP contribution in [0.2, 0.25) is 0 Å². The number of pyridine rings is 1. The monoisotopic (exact) mass is 252 g/mol. The molecule has 0 aromatic carbocycles. The highest BCUT2D eigenvalue weighted by Crippen LogP contribution is 2.14. The van der Waals surface area contributed by atoms with Gasteiger partial charge in [0.1, 0.15) is 5.56 Å². The van der Waals surface area contributed by atoms with Gasteiger partial charge < -0.3 is 15.4 Å². The average Bonchev–Trinajstić information content (AvgIpc) is 2.36. The molecule has 0 aliphatic carbocycles. The molecule has 1 rings (SSSR count). The van der Waals surface area contributed by atoms with E-state index in [0.717, 1.165) is 0 Å². The fourth-order valence-corrected chi connectivity index (χ4v) is 1.75. The summed E-state index contributed by atoms with van der Waals surface area (Å²) >= 11 is 0. The van der Waals surface area contributed by atoms with Gasteiger partial charge in [0, 0.05) is 5.69 Å². The van der Waals surface area contributed by atoms with Gasteiger partial charge in [0.2, 0.25) is 0 Å². The van der Waals surface area contributed by atoms with Crippen LogP contribution in [0.1, 0.15) is 42.7 Å². The molecular weight excluding hydrogens is 232 g/mol. The maximum absolute atomic E-state index is 12.0. The largest absolute Gasteiger partial charge is 0.394 e. The van der Waals surface area contributed by atoms with Gasteiger partial charge in [0.25, 0.3) is 11.5 Å². The summed E-state index contributed by atoms with van der Waals surface area (Å²) in [6.07, 6.45) is 1.21. The first-order valence-corrected chi connectivity index (χ1v) is 6.11. The molecule has 5 nitrogen and oxygen atoms in total. The van der Waals surface area contributed by atoms with Gasteiger partial charge in [-0.15, -0.1) is 0 Å². The standard InChI is InChI=1S/C13H20N2O3/c1-4-13(5-2,8-16)15-12(18)10-7-6-9(3)14-11(10)17/h6-7,16H,4-5,8H2,1-3H3,(H,14,17)(H,15,18). The summed E-state index contributed by atoms with van der Waals surface area (Å²) < 4.78 is 0. The van der Waals surface area contributed by atoms with Gasteiger partial charge in [0.15, 0.2) is 0 Å². The Balaban J connectivity index is 2.98. The number of carbonyl (C=O) groups excluding carboxylic acids is 1. The number of amides is 1. The summed E-state index contributed by atoms with van der Waals surface area (Å²) in [5.74, 6) is -0.450. The number of rotatable bonds is 5. The summed E-state index contributed by atoms with van der Waals surface area (Å²) in [6.45, 7) is 5.38. The van der Waals surface area contributed by atoms with E-state index < -0.39 is 17.0 Å². The Morgan fingerprint density at radius 2 is 2.00 bits per heavy atom. The van der Waals surface area contributed by atoms with E-state index in [4.69, 9.17) is 0 Å². The minimum absolute atomic E-state index is 0.0697. The fourth-order valence-electron chi connectivity index (χ4n) is 1.75. The normalized spacial score (nSPS) is 11.3. The second-order valence-electron chi connectivity index (χ2n) is 4.48. The number of aliphatic hydroxyl groups is 1. The zero-order valence-electron chi connectivity index (χ0n) is 11.0. The Morgan fingerprint density at radius 1 is 1.39 bits per heavy atom. The van der Waals surface area contributed by atoms with Gasteiger partial charge in [-0.1, -0.05) is 13.8 Å². The number of aliphatic hydroxyl groups excluding tert-OH is 1. The molecular formula is C13H20N2O3. The smallest absolute Gasteiger partial charge is 0.260 e. The lowest BCUT2D eigenvalue weighted by molar-refractivity contribution is 0.0816. The maximum atomic E-state index is 12.0. The van der Waals surface area contributed by atoms with Gasteiger partial charge in [-0.3, -0.25) is 9.59 Å². The molecule has 0 atom stereocenters. The van der Waals surface area contributed by atoms with Crippen molar-refractivity contribution in [1.29, 1.82) is 0 Å². The van der Waals surface area contributed by atoms with Crippen molar-refractivity contribution < 1.29 is 9.90 Å². The zero-order chi connectivity index (χ0) is 13.8. The van der Waals surface area contributed by atoms with E-state index in [1.165, 1.54) is 6.07 Å². The number of aromatic amines is 1. The second kappa shape index (κ2) is 5.82. The molecule has 0 spiro atoms. The van der Waals surface area contributed by atoms with Crippen molar-refractivity contribution in [3.8, 4) is 0 Å². The van der Waals surface area contributed by atoms with E-state index in [2.05, 4.69) is 10.3 Å². The quantitative estimate of drug-likeness (QED) is 0.730. The molecule has 0 fully saturated rings. The Hall–Kier alpha value is -1.62. The number of aryl methyl sites for hydroxylation is 1. The van der Waals surface area contributed by atoms with Gasteiger partial charge in [-0.2, -0.15) is 0 Å². The average molecular weight is 252 g/mol. The third-order valence-corrected chi connectivity index (χ3v) is 3.33. The predicted octanol–water partition coefficient (Wildman–Crippen LogP) is 0.964. The van der Waals surface area contributed by atoms with Crippen LogP contribution in [0.4, 0.5) is 0 Å². The van der Waals surface area contributed by atoms with Crippen LogP contribution >= 0.6 is 0 Å². The van der Waals surface area contributed by atoms with Gasteiger partial charge >= 0.3 is 0 Å². The minimum Gasteiger partial charge on any atom is -0.394 e. The number of carbonyl (C=O) groups is 1.